The van der Waals surface area contributed by atoms with Crippen LogP contribution in [0, 0.1) is 11.8 Å². The summed E-state index contributed by atoms with van der Waals surface area (Å²) in [5.41, 5.74) is 2.79. The number of aromatic hydroxyl groups is 1. The highest BCUT2D eigenvalue weighted by Gasteiger charge is 2.64. The number of Topliss-reactive ketones (excluding diaryl/α,β-unsaturated/α-hetero) is 3. The monoisotopic (exact) mass is 532 g/mol. The van der Waals surface area contributed by atoms with E-state index in [9.17, 15) is 39.6 Å². The first-order valence-corrected chi connectivity index (χ1v) is 12.5. The van der Waals surface area contributed by atoms with Gasteiger partial charge in [0.05, 0.1) is 11.6 Å². The Morgan fingerprint density at radius 1 is 1.05 bits per heavy atom. The molecule has 0 aromatic heterocycles. The van der Waals surface area contributed by atoms with Gasteiger partial charge in [0.15, 0.2) is 17.2 Å². The quantitative estimate of drug-likeness (QED) is 0.281. The third-order valence-corrected chi connectivity index (χ3v) is 8.11. The van der Waals surface area contributed by atoms with Gasteiger partial charge in [0.1, 0.15) is 22.8 Å². The summed E-state index contributed by atoms with van der Waals surface area (Å²) in [7, 11) is 3.07. The first-order valence-electron chi connectivity index (χ1n) is 12.5. The van der Waals surface area contributed by atoms with E-state index < -0.39 is 58.0 Å². The number of aliphatic hydroxyl groups excluding tert-OH is 2. The van der Waals surface area contributed by atoms with Crippen molar-refractivity contribution in [1.29, 1.82) is 0 Å². The van der Waals surface area contributed by atoms with Crippen LogP contribution in [0.5, 0.6) is 5.75 Å². The van der Waals surface area contributed by atoms with E-state index in [0.29, 0.717) is 5.56 Å². The number of ketones is 3. The number of aliphatic hydroxyl groups is 3. The zero-order valence-electron chi connectivity index (χ0n) is 21.3. The van der Waals surface area contributed by atoms with Gasteiger partial charge in [-0.3, -0.25) is 24.1 Å². The smallest absolute Gasteiger partial charge is 0.255 e. The number of nitrogens with zero attached hydrogens (tertiary/aromatic N) is 1. The van der Waals surface area contributed by atoms with Crippen LogP contribution in [0.2, 0.25) is 0 Å². The highest BCUT2D eigenvalue weighted by Crippen LogP contribution is 2.53. The van der Waals surface area contributed by atoms with Crippen LogP contribution in [0.15, 0.2) is 59.4 Å². The molecule has 3 aliphatic carbocycles. The molecule has 0 heterocycles. The third-order valence-electron chi connectivity index (χ3n) is 8.11. The molecule has 1 fully saturated rings. The molecular formula is C29H28N2O8. The largest absolute Gasteiger partial charge is 0.508 e. The first kappa shape index (κ1) is 26.3. The van der Waals surface area contributed by atoms with Crippen molar-refractivity contribution in [3.63, 3.8) is 0 Å². The summed E-state index contributed by atoms with van der Waals surface area (Å²) in [5.74, 6) is -7.53. The number of fused-ring (bicyclic) bond motifs is 3. The zero-order valence-corrected chi connectivity index (χ0v) is 21.3. The minimum Gasteiger partial charge on any atom is -0.508 e. The first-order chi connectivity index (χ1) is 18.4. The van der Waals surface area contributed by atoms with Crippen LogP contribution in [-0.2, 0) is 27.2 Å². The Kier molecular flexibility index (Phi) is 6.20. The lowest BCUT2D eigenvalue weighted by Crippen LogP contribution is -2.65. The second-order valence-electron chi connectivity index (χ2n) is 10.5. The van der Waals surface area contributed by atoms with E-state index in [2.05, 4.69) is 0 Å². The molecule has 2 aromatic rings. The lowest BCUT2D eigenvalue weighted by Gasteiger charge is -2.50. The fraction of sp³-hybridized carbons (Fsp3) is 0.310. The van der Waals surface area contributed by atoms with Gasteiger partial charge in [-0.1, -0.05) is 30.3 Å². The molecule has 0 saturated heterocycles. The molecule has 5 rings (SSSR count). The second kappa shape index (κ2) is 9.18. The molecule has 0 spiro atoms. The molecule has 0 radical (unpaired) electrons. The minimum absolute atomic E-state index is 0.0479. The molecule has 0 unspecified atom stereocenters. The van der Waals surface area contributed by atoms with Crippen LogP contribution in [-0.4, -0.2) is 74.3 Å². The number of benzene rings is 2. The van der Waals surface area contributed by atoms with E-state index >= 15 is 0 Å². The van der Waals surface area contributed by atoms with Gasteiger partial charge in [-0.15, -0.1) is 0 Å². The molecule has 4 atom stereocenters. The Morgan fingerprint density at radius 3 is 2.33 bits per heavy atom. The van der Waals surface area contributed by atoms with Crippen molar-refractivity contribution in [3.8, 4) is 5.75 Å². The van der Waals surface area contributed by atoms with Gasteiger partial charge in [-0.05, 0) is 56.1 Å². The number of primary amides is 1. The number of phenolic OH excluding ortho intramolecular Hbond substituents is 1. The maximum Gasteiger partial charge on any atom is 0.255 e. The number of rotatable bonds is 5. The van der Waals surface area contributed by atoms with E-state index in [1.54, 1.807) is 0 Å². The summed E-state index contributed by atoms with van der Waals surface area (Å²) < 4.78 is 0. The van der Waals surface area contributed by atoms with Crippen molar-refractivity contribution in [2.45, 2.75) is 30.9 Å². The minimum atomic E-state index is -2.71. The maximum atomic E-state index is 13.9. The summed E-state index contributed by atoms with van der Waals surface area (Å²) >= 11 is 0. The standard InChI is InChI=1S/C29H28N2O8/c1-31(2)23-17-12-14-11-16-15(19(33)10-13-6-4-3-5-7-13)8-9-18(32)21(16)24(34)20(14)26(36)29(17,39)27(37)22(25(23)35)28(30)38/h3-9,14,17,23,32,34,37,39H,10-12H2,1-2H3,(H2,30,38)/t14-,17-,23-,29-/m0/s1. The molecule has 2 aromatic carbocycles. The Morgan fingerprint density at radius 2 is 1.72 bits per heavy atom. The maximum absolute atomic E-state index is 13.9. The SMILES string of the molecule is CN(C)[C@@H]1C(=O)C(C(N)=O)=C(O)[C@@]2(O)C(=O)C3=C(O)c4c(O)ccc(C(=O)Cc5ccccc5)c4C[C@H]3C[C@@H]12. The molecule has 1 amide bonds. The van der Waals surface area contributed by atoms with Crippen LogP contribution in [0.4, 0.5) is 0 Å². The van der Waals surface area contributed by atoms with Gasteiger partial charge in [-0.25, -0.2) is 0 Å². The number of amides is 1. The Bertz CT molecular complexity index is 1510. The van der Waals surface area contributed by atoms with Crippen molar-refractivity contribution in [3.05, 3.63) is 81.6 Å². The average molecular weight is 533 g/mol. The molecule has 0 aliphatic heterocycles. The van der Waals surface area contributed by atoms with Crippen molar-refractivity contribution >= 4 is 29.0 Å². The van der Waals surface area contributed by atoms with E-state index in [1.807, 2.05) is 30.3 Å². The molecule has 6 N–H and O–H groups in total. The van der Waals surface area contributed by atoms with Crippen LogP contribution in [0.25, 0.3) is 5.76 Å². The molecule has 10 heteroatoms. The van der Waals surface area contributed by atoms with Crippen LogP contribution in [0.1, 0.15) is 33.5 Å². The molecule has 10 nitrogen and oxygen atoms in total. The lowest BCUT2D eigenvalue weighted by molar-refractivity contribution is -0.153. The third kappa shape index (κ3) is 3.78. The lowest BCUT2D eigenvalue weighted by atomic mass is 9.57. The molecular weight excluding hydrogens is 504 g/mol. The van der Waals surface area contributed by atoms with E-state index in [0.717, 1.165) is 5.56 Å². The van der Waals surface area contributed by atoms with Crippen molar-refractivity contribution < 1.29 is 39.6 Å². The predicted molar refractivity (Wildman–Crippen MR) is 139 cm³/mol. The van der Waals surface area contributed by atoms with E-state index in [1.165, 1.54) is 31.1 Å². The van der Waals surface area contributed by atoms with Gasteiger partial charge >= 0.3 is 0 Å². The van der Waals surface area contributed by atoms with Crippen molar-refractivity contribution in [2.75, 3.05) is 14.1 Å². The predicted octanol–water partition coefficient (Wildman–Crippen LogP) is 1.39. The number of phenols is 1. The van der Waals surface area contributed by atoms with E-state index in [-0.39, 0.29) is 47.5 Å². The number of carbonyl (C=O) groups excluding carboxylic acids is 4. The summed E-state index contributed by atoms with van der Waals surface area (Å²) in [6.07, 6.45) is 0.0830. The molecule has 1 saturated carbocycles. The molecule has 0 bridgehead atoms. The summed E-state index contributed by atoms with van der Waals surface area (Å²) in [4.78, 5) is 53.9. The highest BCUT2D eigenvalue weighted by atomic mass is 16.3. The van der Waals surface area contributed by atoms with Crippen molar-refractivity contribution in [1.82, 2.24) is 4.90 Å². The van der Waals surface area contributed by atoms with Crippen molar-refractivity contribution in [2.24, 2.45) is 17.6 Å². The molecule has 3 aliphatic rings. The highest BCUT2D eigenvalue weighted by molar-refractivity contribution is 6.24. The van der Waals surface area contributed by atoms with Crippen LogP contribution in [0.3, 0.4) is 0 Å². The topological polar surface area (TPSA) is 178 Å². The van der Waals surface area contributed by atoms with Gasteiger partial charge in [0, 0.05) is 23.5 Å². The summed E-state index contributed by atoms with van der Waals surface area (Å²) in [6, 6.07) is 10.6. The fourth-order valence-corrected chi connectivity index (χ4v) is 6.38. The van der Waals surface area contributed by atoms with Gasteiger partial charge < -0.3 is 26.2 Å². The molecule has 39 heavy (non-hydrogen) atoms. The second-order valence-corrected chi connectivity index (χ2v) is 10.5. The Hall–Kier alpha value is -4.28. The summed E-state index contributed by atoms with van der Waals surface area (Å²) in [5, 5.41) is 44.5. The van der Waals surface area contributed by atoms with E-state index in [4.69, 9.17) is 5.73 Å². The zero-order chi connectivity index (χ0) is 28.4. The Balaban J connectivity index is 1.66. The number of nitrogens with two attached hydrogens (primary N) is 1. The van der Waals surface area contributed by atoms with Crippen LogP contribution < -0.4 is 5.73 Å². The summed E-state index contributed by atoms with van der Waals surface area (Å²) in [6.45, 7) is 0. The average Bonchev–Trinajstić information content (AvgIpc) is 2.86. The number of carbonyl (C=O) groups is 4. The number of hydrogen-bond donors (Lipinski definition) is 5. The van der Waals surface area contributed by atoms with Gasteiger partial charge in [0.25, 0.3) is 5.91 Å². The van der Waals surface area contributed by atoms with Crippen LogP contribution >= 0.6 is 0 Å². The number of hydrogen-bond acceptors (Lipinski definition) is 9. The van der Waals surface area contributed by atoms with Gasteiger partial charge in [-0.2, -0.15) is 0 Å². The molecule has 202 valence electrons. The fourth-order valence-electron chi connectivity index (χ4n) is 6.38. The normalized spacial score (nSPS) is 26.3. The Labute approximate surface area is 223 Å². The number of likely N-dealkylation sites (N-methyl/N-ethyl adjacent to an activating group) is 1. The van der Waals surface area contributed by atoms with Gasteiger partial charge in [0.2, 0.25) is 5.78 Å².